The molecular weight excluding hydrogens is 320 g/mol. The molecule has 1 saturated heterocycles. The normalized spacial score (nSPS) is 19.2. The van der Waals surface area contributed by atoms with Crippen LogP contribution in [0.2, 0.25) is 0 Å². The molecule has 1 aromatic heterocycles. The Hall–Kier alpha value is -1.23. The maximum atomic E-state index is 12.5. The number of hydrogen-bond donors (Lipinski definition) is 0. The molecule has 2 heterocycles. The van der Waals surface area contributed by atoms with Gasteiger partial charge in [0.15, 0.2) is 0 Å². The van der Waals surface area contributed by atoms with Crippen molar-refractivity contribution in [3.63, 3.8) is 0 Å². The van der Waals surface area contributed by atoms with Crippen molar-refractivity contribution in [2.75, 3.05) is 6.54 Å². The summed E-state index contributed by atoms with van der Waals surface area (Å²) in [5.74, 6) is 0. The molecule has 0 radical (unpaired) electrons. The molecule has 1 aliphatic rings. The molecule has 4 nitrogen and oxygen atoms in total. The summed E-state index contributed by atoms with van der Waals surface area (Å²) < 4.78 is 5.72. The molecular formula is C19H30N2O2S. The summed E-state index contributed by atoms with van der Waals surface area (Å²) in [5.41, 5.74) is 0.628. The zero-order valence-electron chi connectivity index (χ0n) is 15.8. The number of piperidine rings is 1. The van der Waals surface area contributed by atoms with Crippen LogP contribution in [0.4, 0.5) is 4.79 Å². The molecule has 1 aliphatic heterocycles. The summed E-state index contributed by atoms with van der Waals surface area (Å²) in [4.78, 5) is 19.0. The van der Waals surface area contributed by atoms with Crippen molar-refractivity contribution >= 4 is 17.9 Å². The molecule has 2 rings (SSSR count). The highest BCUT2D eigenvalue weighted by Crippen LogP contribution is 2.34. The lowest BCUT2D eigenvalue weighted by Gasteiger charge is -2.37. The summed E-state index contributed by atoms with van der Waals surface area (Å²) in [6.45, 7) is 13.0. The van der Waals surface area contributed by atoms with Crippen molar-refractivity contribution in [2.24, 2.45) is 0 Å². The highest BCUT2D eigenvalue weighted by Gasteiger charge is 2.31. The minimum absolute atomic E-state index is 0.0646. The van der Waals surface area contributed by atoms with E-state index in [-0.39, 0.29) is 16.9 Å². The Morgan fingerprint density at radius 2 is 1.92 bits per heavy atom. The van der Waals surface area contributed by atoms with E-state index in [4.69, 9.17) is 4.74 Å². The number of ether oxygens (including phenoxy) is 1. The van der Waals surface area contributed by atoms with Crippen molar-refractivity contribution in [3.05, 3.63) is 23.9 Å². The first-order valence-corrected chi connectivity index (χ1v) is 9.51. The van der Waals surface area contributed by atoms with E-state index in [1.165, 1.54) is 0 Å². The van der Waals surface area contributed by atoms with Crippen LogP contribution in [0.25, 0.3) is 0 Å². The number of amides is 1. The Kier molecular flexibility index (Phi) is 5.84. The number of carbonyl (C=O) groups is 1. The Bertz CT molecular complexity index is 558. The SMILES string of the molecule is CC(C)(C)OC(=O)N1CCCC[C@H]1c1ccc(SC(C)(C)C)nc1. The smallest absolute Gasteiger partial charge is 0.410 e. The molecule has 1 amide bonds. The van der Waals surface area contributed by atoms with E-state index < -0.39 is 5.60 Å². The number of carbonyl (C=O) groups excluding carboxylic acids is 1. The molecule has 0 saturated carbocycles. The molecule has 24 heavy (non-hydrogen) atoms. The third kappa shape index (κ3) is 5.69. The molecule has 1 fully saturated rings. The Morgan fingerprint density at radius 3 is 2.46 bits per heavy atom. The van der Waals surface area contributed by atoms with Gasteiger partial charge in [-0.05, 0) is 51.7 Å². The lowest BCUT2D eigenvalue weighted by atomic mass is 9.97. The lowest BCUT2D eigenvalue weighted by molar-refractivity contribution is 0.00947. The first-order chi connectivity index (χ1) is 11.1. The fourth-order valence-corrected chi connectivity index (χ4v) is 3.65. The third-order valence-electron chi connectivity index (χ3n) is 3.69. The van der Waals surface area contributed by atoms with Crippen LogP contribution in [-0.4, -0.2) is 32.9 Å². The van der Waals surface area contributed by atoms with Crippen LogP contribution in [0.5, 0.6) is 0 Å². The Balaban J connectivity index is 2.14. The topological polar surface area (TPSA) is 42.4 Å². The van der Waals surface area contributed by atoms with Gasteiger partial charge in [0.2, 0.25) is 0 Å². The Morgan fingerprint density at radius 1 is 1.21 bits per heavy atom. The Labute approximate surface area is 150 Å². The van der Waals surface area contributed by atoms with E-state index in [1.807, 2.05) is 31.9 Å². The second-order valence-electron chi connectivity index (χ2n) is 8.33. The van der Waals surface area contributed by atoms with Gasteiger partial charge in [-0.2, -0.15) is 0 Å². The van der Waals surface area contributed by atoms with Crippen molar-refractivity contribution in [1.82, 2.24) is 9.88 Å². The standard InChI is InChI=1S/C19H30N2O2S/c1-18(2,3)23-17(22)21-12-8-7-9-15(21)14-10-11-16(20-13-14)24-19(4,5)6/h10-11,13,15H,7-9,12H2,1-6H3/t15-/m0/s1. The van der Waals surface area contributed by atoms with E-state index in [9.17, 15) is 4.79 Å². The second kappa shape index (κ2) is 7.34. The number of aromatic nitrogens is 1. The molecule has 0 aromatic carbocycles. The number of hydrogen-bond acceptors (Lipinski definition) is 4. The number of thioether (sulfide) groups is 1. The van der Waals surface area contributed by atoms with Gasteiger partial charge in [-0.3, -0.25) is 0 Å². The van der Waals surface area contributed by atoms with Gasteiger partial charge >= 0.3 is 6.09 Å². The van der Waals surface area contributed by atoms with Gasteiger partial charge in [0.25, 0.3) is 0 Å². The minimum atomic E-state index is -0.468. The molecule has 5 heteroatoms. The van der Waals surface area contributed by atoms with Crippen LogP contribution in [0, 0.1) is 0 Å². The number of pyridine rings is 1. The van der Waals surface area contributed by atoms with Gasteiger partial charge in [-0.25, -0.2) is 9.78 Å². The van der Waals surface area contributed by atoms with E-state index in [0.29, 0.717) is 0 Å². The number of rotatable bonds is 2. The van der Waals surface area contributed by atoms with Gasteiger partial charge in [-0.1, -0.05) is 26.8 Å². The summed E-state index contributed by atoms with van der Waals surface area (Å²) in [5, 5.41) is 1.02. The maximum Gasteiger partial charge on any atom is 0.410 e. The molecule has 0 N–H and O–H groups in total. The van der Waals surface area contributed by atoms with Crippen molar-refractivity contribution < 1.29 is 9.53 Å². The van der Waals surface area contributed by atoms with Crippen LogP contribution in [0.3, 0.4) is 0 Å². The van der Waals surface area contributed by atoms with E-state index in [0.717, 1.165) is 36.4 Å². The number of likely N-dealkylation sites (tertiary alicyclic amines) is 1. The maximum absolute atomic E-state index is 12.5. The average Bonchev–Trinajstić information content (AvgIpc) is 2.44. The third-order valence-corrected chi connectivity index (χ3v) is 4.75. The fraction of sp³-hybridized carbons (Fsp3) is 0.684. The second-order valence-corrected chi connectivity index (χ2v) is 10.2. The van der Waals surface area contributed by atoms with E-state index in [2.05, 4.69) is 37.9 Å². The molecule has 0 aliphatic carbocycles. The molecule has 1 aromatic rings. The molecule has 134 valence electrons. The predicted octanol–water partition coefficient (Wildman–Crippen LogP) is 5.43. The summed E-state index contributed by atoms with van der Waals surface area (Å²) in [7, 11) is 0. The average molecular weight is 351 g/mol. The minimum Gasteiger partial charge on any atom is -0.444 e. The highest BCUT2D eigenvalue weighted by molar-refractivity contribution is 8.00. The van der Waals surface area contributed by atoms with Gasteiger partial charge in [0.05, 0.1) is 11.1 Å². The van der Waals surface area contributed by atoms with Gasteiger partial charge < -0.3 is 9.64 Å². The van der Waals surface area contributed by atoms with Gasteiger partial charge in [-0.15, -0.1) is 11.8 Å². The van der Waals surface area contributed by atoms with Crippen LogP contribution in [0.15, 0.2) is 23.4 Å². The predicted molar refractivity (Wildman–Crippen MR) is 99.4 cm³/mol. The molecule has 0 spiro atoms. The summed E-state index contributed by atoms with van der Waals surface area (Å²) in [6.07, 6.45) is 4.82. The van der Waals surface area contributed by atoms with Crippen molar-refractivity contribution in [3.8, 4) is 0 Å². The van der Waals surface area contributed by atoms with Crippen LogP contribution in [-0.2, 0) is 4.74 Å². The monoisotopic (exact) mass is 350 g/mol. The number of nitrogens with zero attached hydrogens (tertiary/aromatic N) is 2. The lowest BCUT2D eigenvalue weighted by Crippen LogP contribution is -2.41. The van der Waals surface area contributed by atoms with Gasteiger partial charge in [0.1, 0.15) is 5.60 Å². The van der Waals surface area contributed by atoms with Crippen molar-refractivity contribution in [2.45, 2.75) is 82.2 Å². The first kappa shape index (κ1) is 19.1. The van der Waals surface area contributed by atoms with Crippen molar-refractivity contribution in [1.29, 1.82) is 0 Å². The van der Waals surface area contributed by atoms with E-state index >= 15 is 0 Å². The van der Waals surface area contributed by atoms with Crippen LogP contribution >= 0.6 is 11.8 Å². The largest absolute Gasteiger partial charge is 0.444 e. The molecule has 0 unspecified atom stereocenters. The van der Waals surface area contributed by atoms with Gasteiger partial charge in [0, 0.05) is 17.5 Å². The quantitative estimate of drug-likeness (QED) is 0.667. The van der Waals surface area contributed by atoms with E-state index in [1.54, 1.807) is 11.8 Å². The summed E-state index contributed by atoms with van der Waals surface area (Å²) in [6, 6.07) is 4.23. The highest BCUT2D eigenvalue weighted by atomic mass is 32.2. The first-order valence-electron chi connectivity index (χ1n) is 8.70. The molecule has 0 bridgehead atoms. The zero-order valence-corrected chi connectivity index (χ0v) is 16.6. The molecule has 1 atom stereocenters. The fourth-order valence-electron chi connectivity index (χ4n) is 2.78. The summed E-state index contributed by atoms with van der Waals surface area (Å²) >= 11 is 1.75. The van der Waals surface area contributed by atoms with Crippen LogP contribution < -0.4 is 0 Å². The van der Waals surface area contributed by atoms with Crippen LogP contribution in [0.1, 0.15) is 72.4 Å². The zero-order chi connectivity index (χ0) is 18.0.